The van der Waals surface area contributed by atoms with Gasteiger partial charge in [0.2, 0.25) is 0 Å². The predicted molar refractivity (Wildman–Crippen MR) is 129 cm³/mol. The molecule has 186 valence electrons. The second-order valence-electron chi connectivity index (χ2n) is 7.34. The van der Waals surface area contributed by atoms with Crippen LogP contribution in [0.1, 0.15) is 50.0 Å². The molecule has 4 aromatic rings. The minimum atomic E-state index is -4.69. The van der Waals surface area contributed by atoms with Gasteiger partial charge in [0.1, 0.15) is 28.5 Å². The quantitative estimate of drug-likeness (QED) is 0.261. The summed E-state index contributed by atoms with van der Waals surface area (Å²) in [5, 5.41) is 7.64. The summed E-state index contributed by atoms with van der Waals surface area (Å²) in [7, 11) is 0. The molecule has 0 bridgehead atoms. The molecule has 0 saturated carbocycles. The minimum absolute atomic E-state index is 0.0654. The van der Waals surface area contributed by atoms with Gasteiger partial charge in [-0.2, -0.15) is 13.2 Å². The zero-order valence-corrected chi connectivity index (χ0v) is 20.6. The lowest BCUT2D eigenvalue weighted by Crippen LogP contribution is -2.13. The predicted octanol–water partition coefficient (Wildman–Crippen LogP) is 5.83. The van der Waals surface area contributed by atoms with Crippen molar-refractivity contribution >= 4 is 62.7 Å². The molecule has 0 aromatic carbocycles. The summed E-state index contributed by atoms with van der Waals surface area (Å²) < 4.78 is 39.1. The van der Waals surface area contributed by atoms with Crippen LogP contribution in [0.2, 0.25) is 5.02 Å². The van der Waals surface area contributed by atoms with Crippen molar-refractivity contribution in [2.75, 3.05) is 10.6 Å². The zero-order valence-electron chi connectivity index (χ0n) is 18.2. The Bertz CT molecular complexity index is 1400. The summed E-state index contributed by atoms with van der Waals surface area (Å²) in [5.74, 6) is -1.17. The Balaban J connectivity index is 1.40. The maximum atomic E-state index is 13.0. The maximum Gasteiger partial charge on any atom is 0.418 e. The van der Waals surface area contributed by atoms with E-state index in [-0.39, 0.29) is 34.5 Å². The number of ketones is 1. The van der Waals surface area contributed by atoms with Crippen LogP contribution in [0.25, 0.3) is 0 Å². The number of alkyl halides is 3. The van der Waals surface area contributed by atoms with Gasteiger partial charge in [0.25, 0.3) is 5.91 Å². The third kappa shape index (κ3) is 6.19. The minimum Gasteiger partial charge on any atom is -0.316 e. The van der Waals surface area contributed by atoms with Gasteiger partial charge in [-0.25, -0.2) is 24.9 Å². The van der Waals surface area contributed by atoms with E-state index in [4.69, 9.17) is 11.6 Å². The fourth-order valence-corrected chi connectivity index (χ4v) is 4.58. The third-order valence-corrected chi connectivity index (χ3v) is 6.90. The van der Waals surface area contributed by atoms with Crippen LogP contribution in [0.15, 0.2) is 42.4 Å². The van der Waals surface area contributed by atoms with Crippen LogP contribution in [0.3, 0.4) is 0 Å². The molecule has 1 unspecified atom stereocenters. The van der Waals surface area contributed by atoms with Crippen LogP contribution in [-0.4, -0.2) is 36.6 Å². The lowest BCUT2D eigenvalue weighted by Gasteiger charge is -2.10. The van der Waals surface area contributed by atoms with E-state index in [9.17, 15) is 22.8 Å². The largest absolute Gasteiger partial charge is 0.418 e. The highest BCUT2D eigenvalue weighted by atomic mass is 35.5. The van der Waals surface area contributed by atoms with Crippen molar-refractivity contribution in [1.82, 2.24) is 24.9 Å². The van der Waals surface area contributed by atoms with Crippen LogP contribution in [0, 0.1) is 0 Å². The summed E-state index contributed by atoms with van der Waals surface area (Å²) in [5.41, 5.74) is -0.902. The molecule has 4 aromatic heterocycles. The van der Waals surface area contributed by atoms with Crippen molar-refractivity contribution in [3.8, 4) is 0 Å². The van der Waals surface area contributed by atoms with Crippen LogP contribution >= 0.6 is 34.3 Å². The maximum absolute atomic E-state index is 13.0. The molecule has 0 aliphatic rings. The summed E-state index contributed by atoms with van der Waals surface area (Å²) >= 11 is 7.96. The number of Topliss-reactive ketones (excluding diaryl/α,β-unsaturated/α-hetero) is 1. The van der Waals surface area contributed by atoms with Crippen LogP contribution < -0.4 is 10.6 Å². The molecule has 0 aliphatic carbocycles. The zero-order chi connectivity index (χ0) is 25.9. The first-order valence-electron chi connectivity index (χ1n) is 10.1. The van der Waals surface area contributed by atoms with E-state index in [0.717, 1.165) is 17.5 Å². The molecule has 1 atom stereocenters. The second-order valence-corrected chi connectivity index (χ2v) is 9.71. The van der Waals surface area contributed by atoms with Gasteiger partial charge in [0.15, 0.2) is 10.9 Å². The topological polar surface area (TPSA) is 123 Å². The van der Waals surface area contributed by atoms with Crippen LogP contribution in [0.5, 0.6) is 0 Å². The van der Waals surface area contributed by atoms with Crippen molar-refractivity contribution in [2.24, 2.45) is 0 Å². The van der Waals surface area contributed by atoms with E-state index in [2.05, 4.69) is 35.6 Å². The summed E-state index contributed by atoms with van der Waals surface area (Å²) in [6, 6.07) is 2.17. The van der Waals surface area contributed by atoms with Crippen LogP contribution in [-0.2, 0) is 6.18 Å². The SMILES string of the molecule is CC(CC(=O)c1cc(Nc2nccs2)ncn1)c1ncc(C(=O)Nc2cc(C(F)(F)F)c(Cl)cn2)s1. The Morgan fingerprint density at radius 3 is 2.61 bits per heavy atom. The first-order chi connectivity index (χ1) is 17.1. The number of amides is 1. The lowest BCUT2D eigenvalue weighted by molar-refractivity contribution is -0.137. The number of hydrogen-bond donors (Lipinski definition) is 2. The molecule has 0 saturated heterocycles. The summed E-state index contributed by atoms with van der Waals surface area (Å²) in [4.78, 5) is 45.5. The molecule has 0 radical (unpaired) electrons. The number of nitrogens with zero attached hydrogens (tertiary/aromatic N) is 5. The molecule has 36 heavy (non-hydrogen) atoms. The summed E-state index contributed by atoms with van der Waals surface area (Å²) in [6.45, 7) is 1.77. The fraction of sp³-hybridized carbons (Fsp3) is 0.190. The second kappa shape index (κ2) is 10.6. The molecule has 4 heterocycles. The van der Waals surface area contributed by atoms with E-state index in [1.165, 1.54) is 29.9 Å². The van der Waals surface area contributed by atoms with Gasteiger partial charge in [-0.05, 0) is 6.07 Å². The third-order valence-electron chi connectivity index (χ3n) is 4.68. The van der Waals surface area contributed by atoms with Crippen LogP contribution in [0.4, 0.5) is 29.9 Å². The molecule has 15 heteroatoms. The Morgan fingerprint density at radius 2 is 1.89 bits per heavy atom. The van der Waals surface area contributed by atoms with E-state index < -0.39 is 22.7 Å². The number of pyridine rings is 1. The lowest BCUT2D eigenvalue weighted by atomic mass is 10.0. The van der Waals surface area contributed by atoms with Gasteiger partial charge in [0.05, 0.1) is 21.8 Å². The fourth-order valence-electron chi connectivity index (χ4n) is 2.97. The molecule has 1 amide bonds. The Hall–Kier alpha value is -3.49. The highest BCUT2D eigenvalue weighted by Crippen LogP contribution is 2.35. The van der Waals surface area contributed by atoms with Gasteiger partial charge in [0, 0.05) is 36.2 Å². The van der Waals surface area contributed by atoms with Gasteiger partial charge in [-0.15, -0.1) is 22.7 Å². The van der Waals surface area contributed by atoms with E-state index in [1.54, 1.807) is 18.5 Å². The number of hydrogen-bond acceptors (Lipinski definition) is 10. The average molecular weight is 554 g/mol. The number of anilines is 3. The van der Waals surface area contributed by atoms with Crippen molar-refractivity contribution < 1.29 is 22.8 Å². The van der Waals surface area contributed by atoms with Crippen molar-refractivity contribution in [3.63, 3.8) is 0 Å². The number of carbonyl (C=O) groups is 2. The Labute approximate surface area is 214 Å². The molecular formula is C21H15ClF3N7O2S2. The normalized spacial score (nSPS) is 12.2. The molecule has 9 nitrogen and oxygen atoms in total. The highest BCUT2D eigenvalue weighted by Gasteiger charge is 2.34. The molecule has 0 aliphatic heterocycles. The number of thiazole rings is 2. The molecule has 0 fully saturated rings. The van der Waals surface area contributed by atoms with Gasteiger partial charge in [-0.1, -0.05) is 18.5 Å². The van der Waals surface area contributed by atoms with E-state index in [1.807, 2.05) is 0 Å². The standard InChI is InChI=1S/C21H15ClF3N7O2S2/c1-10(4-14(33)13-6-17(30-9-29-13)32-20-26-2-3-35-20)19-28-8-15(36-19)18(34)31-16-5-11(21(23,24)25)12(22)7-27-16/h2-3,5-10H,4H2,1H3,(H,27,31,34)(H,26,29,30,32). The molecular weight excluding hydrogens is 539 g/mol. The Morgan fingerprint density at radius 1 is 1.08 bits per heavy atom. The molecule has 2 N–H and O–H groups in total. The van der Waals surface area contributed by atoms with Crippen molar-refractivity contribution in [1.29, 1.82) is 0 Å². The van der Waals surface area contributed by atoms with E-state index >= 15 is 0 Å². The number of nitrogens with one attached hydrogen (secondary N) is 2. The number of rotatable bonds is 8. The summed E-state index contributed by atoms with van der Waals surface area (Å²) in [6.07, 6.45) is 0.385. The monoisotopic (exact) mass is 553 g/mol. The first-order valence-corrected chi connectivity index (χ1v) is 12.2. The molecule has 0 spiro atoms. The number of aromatic nitrogens is 5. The first kappa shape index (κ1) is 25.6. The van der Waals surface area contributed by atoms with Gasteiger partial charge >= 0.3 is 6.18 Å². The smallest absolute Gasteiger partial charge is 0.316 e. The average Bonchev–Trinajstić information content (AvgIpc) is 3.52. The van der Waals surface area contributed by atoms with Crippen molar-refractivity contribution in [2.45, 2.75) is 25.4 Å². The van der Waals surface area contributed by atoms with Gasteiger partial charge < -0.3 is 10.6 Å². The number of carbonyl (C=O) groups excluding carboxylic acids is 2. The van der Waals surface area contributed by atoms with Gasteiger partial charge in [-0.3, -0.25) is 9.59 Å². The molecule has 4 rings (SSSR count). The number of halogens is 4. The Kier molecular flexibility index (Phi) is 7.56. The highest BCUT2D eigenvalue weighted by molar-refractivity contribution is 7.14. The van der Waals surface area contributed by atoms with E-state index in [0.29, 0.717) is 22.0 Å². The van der Waals surface area contributed by atoms with Crippen molar-refractivity contribution in [3.05, 3.63) is 68.6 Å².